The van der Waals surface area contributed by atoms with Gasteiger partial charge in [-0.25, -0.2) is 0 Å². The van der Waals surface area contributed by atoms with Gasteiger partial charge in [0.2, 0.25) is 0 Å². The van der Waals surface area contributed by atoms with Crippen molar-refractivity contribution in [3.63, 3.8) is 0 Å². The zero-order valence-corrected chi connectivity index (χ0v) is 12.4. The number of fused-ring (bicyclic) bond motifs is 1. The molecular weight excluding hydrogens is 246 g/mol. The van der Waals surface area contributed by atoms with Gasteiger partial charge in [0.05, 0.1) is 6.10 Å². The number of benzene rings is 1. The fourth-order valence-electron chi connectivity index (χ4n) is 3.22. The van der Waals surface area contributed by atoms with Crippen molar-refractivity contribution in [3.8, 4) is 0 Å². The lowest BCUT2D eigenvalue weighted by Crippen LogP contribution is -2.13. The summed E-state index contributed by atoms with van der Waals surface area (Å²) in [6.07, 6.45) is 3.91. The first-order chi connectivity index (χ1) is 9.69. The highest BCUT2D eigenvalue weighted by molar-refractivity contribution is 5.33. The molecule has 2 aromatic rings. The van der Waals surface area contributed by atoms with Crippen molar-refractivity contribution in [3.05, 3.63) is 58.4 Å². The second-order valence-electron chi connectivity index (χ2n) is 5.85. The van der Waals surface area contributed by atoms with E-state index >= 15 is 0 Å². The molecule has 1 heterocycles. The molecule has 1 N–H and O–H groups in total. The third kappa shape index (κ3) is 2.40. The molecular formula is C18H23NO. The lowest BCUT2D eigenvalue weighted by Gasteiger charge is -2.20. The van der Waals surface area contributed by atoms with Gasteiger partial charge in [-0.15, -0.1) is 0 Å². The van der Waals surface area contributed by atoms with Crippen molar-refractivity contribution in [1.82, 2.24) is 4.57 Å². The fraction of sp³-hybridized carbons (Fsp3) is 0.444. The molecule has 2 nitrogen and oxygen atoms in total. The predicted molar refractivity (Wildman–Crippen MR) is 82.0 cm³/mol. The van der Waals surface area contributed by atoms with Gasteiger partial charge in [-0.1, -0.05) is 31.2 Å². The highest BCUT2D eigenvalue weighted by atomic mass is 16.3. The van der Waals surface area contributed by atoms with Crippen LogP contribution in [0.25, 0.3) is 0 Å². The van der Waals surface area contributed by atoms with Crippen molar-refractivity contribution < 1.29 is 5.11 Å². The van der Waals surface area contributed by atoms with E-state index in [1.54, 1.807) is 0 Å². The summed E-state index contributed by atoms with van der Waals surface area (Å²) < 4.78 is 2.37. The first-order valence-corrected chi connectivity index (χ1v) is 7.64. The van der Waals surface area contributed by atoms with E-state index in [9.17, 15) is 5.11 Å². The molecule has 0 spiro atoms. The molecule has 1 unspecified atom stereocenters. The largest absolute Gasteiger partial charge is 0.388 e. The predicted octanol–water partition coefficient (Wildman–Crippen LogP) is 3.78. The van der Waals surface area contributed by atoms with Crippen LogP contribution >= 0.6 is 0 Å². The van der Waals surface area contributed by atoms with Crippen molar-refractivity contribution >= 4 is 0 Å². The lowest BCUT2D eigenvalue weighted by molar-refractivity contribution is 0.156. The molecule has 1 aliphatic rings. The minimum absolute atomic E-state index is 0.263. The van der Waals surface area contributed by atoms with Gasteiger partial charge in [0.25, 0.3) is 0 Å². The van der Waals surface area contributed by atoms with Gasteiger partial charge >= 0.3 is 0 Å². The van der Waals surface area contributed by atoms with Crippen LogP contribution in [0.2, 0.25) is 0 Å². The van der Waals surface area contributed by atoms with Crippen LogP contribution in [-0.4, -0.2) is 9.67 Å². The maximum absolute atomic E-state index is 10.1. The van der Waals surface area contributed by atoms with Crippen LogP contribution in [0.1, 0.15) is 53.9 Å². The second kappa shape index (κ2) is 5.45. The van der Waals surface area contributed by atoms with E-state index < -0.39 is 0 Å². The maximum atomic E-state index is 10.1. The summed E-state index contributed by atoms with van der Waals surface area (Å²) in [5.41, 5.74) is 6.47. The Hall–Kier alpha value is -1.54. The van der Waals surface area contributed by atoms with Crippen LogP contribution in [0.15, 0.2) is 30.3 Å². The van der Waals surface area contributed by atoms with E-state index in [2.05, 4.69) is 48.7 Å². The Kier molecular flexibility index (Phi) is 3.66. The molecule has 2 heteroatoms. The van der Waals surface area contributed by atoms with Crippen molar-refractivity contribution in [2.24, 2.45) is 0 Å². The van der Waals surface area contributed by atoms with Crippen molar-refractivity contribution in [2.75, 3.05) is 0 Å². The van der Waals surface area contributed by atoms with E-state index in [1.807, 2.05) is 0 Å². The molecule has 20 heavy (non-hydrogen) atoms. The summed E-state index contributed by atoms with van der Waals surface area (Å²) in [7, 11) is 0. The Morgan fingerprint density at radius 2 is 1.90 bits per heavy atom. The Balaban J connectivity index is 1.90. The molecule has 1 aromatic heterocycles. The summed E-state index contributed by atoms with van der Waals surface area (Å²) in [4.78, 5) is 0. The molecule has 0 amide bonds. The third-order valence-corrected chi connectivity index (χ3v) is 4.47. The van der Waals surface area contributed by atoms with Gasteiger partial charge in [-0.3, -0.25) is 0 Å². The molecule has 106 valence electrons. The van der Waals surface area contributed by atoms with Gasteiger partial charge in [0.1, 0.15) is 0 Å². The number of aliphatic hydroxyl groups excluding tert-OH is 1. The van der Waals surface area contributed by atoms with Gasteiger partial charge in [-0.05, 0) is 49.8 Å². The minimum atomic E-state index is -0.263. The first kappa shape index (κ1) is 13.4. The van der Waals surface area contributed by atoms with E-state index in [1.165, 1.54) is 22.5 Å². The monoisotopic (exact) mass is 269 g/mol. The maximum Gasteiger partial charge on any atom is 0.0807 e. The van der Waals surface area contributed by atoms with E-state index in [0.29, 0.717) is 0 Å². The molecule has 1 aromatic carbocycles. The summed E-state index contributed by atoms with van der Waals surface area (Å²) in [5.74, 6) is 0. The number of hydrogen-bond acceptors (Lipinski definition) is 1. The Bertz CT molecular complexity index is 595. The smallest absolute Gasteiger partial charge is 0.0807 e. The van der Waals surface area contributed by atoms with Crippen LogP contribution in [0, 0.1) is 6.92 Å². The highest BCUT2D eigenvalue weighted by Crippen LogP contribution is 2.32. The molecule has 0 aliphatic heterocycles. The quantitative estimate of drug-likeness (QED) is 0.901. The third-order valence-electron chi connectivity index (χ3n) is 4.47. The van der Waals surface area contributed by atoms with Crippen LogP contribution in [-0.2, 0) is 19.4 Å². The minimum Gasteiger partial charge on any atom is -0.388 e. The lowest BCUT2D eigenvalue weighted by atomic mass is 9.95. The Morgan fingerprint density at radius 1 is 1.20 bits per heavy atom. The summed E-state index contributed by atoms with van der Waals surface area (Å²) in [5, 5.41) is 10.1. The highest BCUT2D eigenvalue weighted by Gasteiger charge is 2.22. The second-order valence-corrected chi connectivity index (χ2v) is 5.85. The molecule has 0 fully saturated rings. The normalized spacial score (nSPS) is 18.1. The van der Waals surface area contributed by atoms with E-state index in [-0.39, 0.29) is 6.10 Å². The van der Waals surface area contributed by atoms with Crippen LogP contribution in [0.3, 0.4) is 0 Å². The number of aromatic nitrogens is 1. The first-order valence-electron chi connectivity index (χ1n) is 7.64. The van der Waals surface area contributed by atoms with Crippen molar-refractivity contribution in [1.29, 1.82) is 0 Å². The number of aryl methyl sites for hydroxylation is 2. The number of hydrogen-bond donors (Lipinski definition) is 1. The zero-order valence-electron chi connectivity index (χ0n) is 12.4. The SMILES string of the molecule is CCc1ccc(Cn2c(C)cc3c2CCCC3O)cc1. The zero-order chi connectivity index (χ0) is 14.1. The van der Waals surface area contributed by atoms with Gasteiger partial charge in [-0.2, -0.15) is 0 Å². The van der Waals surface area contributed by atoms with Gasteiger partial charge < -0.3 is 9.67 Å². The Morgan fingerprint density at radius 3 is 2.60 bits per heavy atom. The van der Waals surface area contributed by atoms with Crippen LogP contribution in [0.5, 0.6) is 0 Å². The van der Waals surface area contributed by atoms with Crippen molar-refractivity contribution in [2.45, 2.75) is 52.2 Å². The van der Waals surface area contributed by atoms with Gasteiger partial charge in [0, 0.05) is 23.5 Å². The average Bonchev–Trinajstić information content (AvgIpc) is 2.78. The fourth-order valence-corrected chi connectivity index (χ4v) is 3.22. The van der Waals surface area contributed by atoms with Crippen LogP contribution < -0.4 is 0 Å². The molecule has 3 rings (SSSR count). The molecule has 0 bridgehead atoms. The number of nitrogens with zero attached hydrogens (tertiary/aromatic N) is 1. The van der Waals surface area contributed by atoms with Gasteiger partial charge in [0.15, 0.2) is 0 Å². The molecule has 0 saturated heterocycles. The summed E-state index contributed by atoms with van der Waals surface area (Å²) in [6.45, 7) is 5.24. The Labute approximate surface area is 121 Å². The molecule has 0 radical (unpaired) electrons. The topological polar surface area (TPSA) is 25.2 Å². The standard InChI is InChI=1S/C18H23NO/c1-3-14-7-9-15(10-8-14)12-19-13(2)11-16-17(19)5-4-6-18(16)20/h7-11,18,20H,3-6,12H2,1-2H3. The summed E-state index contributed by atoms with van der Waals surface area (Å²) >= 11 is 0. The number of aliphatic hydroxyl groups is 1. The molecule has 0 saturated carbocycles. The molecule has 1 atom stereocenters. The summed E-state index contributed by atoms with van der Waals surface area (Å²) in [6, 6.07) is 11.1. The van der Waals surface area contributed by atoms with E-state index in [4.69, 9.17) is 0 Å². The van der Waals surface area contributed by atoms with E-state index in [0.717, 1.165) is 37.8 Å². The van der Waals surface area contributed by atoms with Crippen LogP contribution in [0.4, 0.5) is 0 Å². The average molecular weight is 269 g/mol. The molecule has 1 aliphatic carbocycles. The number of rotatable bonds is 3.